The number of sulfone groups is 1. The van der Waals surface area contributed by atoms with Crippen molar-refractivity contribution in [2.24, 2.45) is 0 Å². The summed E-state index contributed by atoms with van der Waals surface area (Å²) in [4.78, 5) is 10.8. The second-order valence-corrected chi connectivity index (χ2v) is 7.11. The van der Waals surface area contributed by atoms with Crippen molar-refractivity contribution in [3.63, 3.8) is 0 Å². The second-order valence-electron chi connectivity index (χ2n) is 4.43. The van der Waals surface area contributed by atoms with Crippen LogP contribution in [-0.4, -0.2) is 44.2 Å². The Morgan fingerprint density at radius 1 is 1.30 bits per heavy atom. The van der Waals surface area contributed by atoms with Gasteiger partial charge < -0.3 is 14.6 Å². The van der Waals surface area contributed by atoms with E-state index in [9.17, 15) is 13.2 Å². The van der Waals surface area contributed by atoms with Crippen LogP contribution in [0.4, 0.5) is 0 Å². The maximum absolute atomic E-state index is 11.6. The minimum atomic E-state index is -3.17. The van der Waals surface area contributed by atoms with Crippen LogP contribution in [0.1, 0.15) is 24.2 Å². The number of aromatic carboxylic acids is 1. The smallest absolute Gasteiger partial charge is 0.335 e. The Labute approximate surface area is 118 Å². The molecule has 0 atom stereocenters. The minimum absolute atomic E-state index is 0.0106. The molecule has 0 aliphatic carbocycles. The van der Waals surface area contributed by atoms with Gasteiger partial charge in [0.15, 0.2) is 21.3 Å². The van der Waals surface area contributed by atoms with Crippen LogP contribution in [0.25, 0.3) is 0 Å². The third-order valence-electron chi connectivity index (χ3n) is 2.75. The van der Waals surface area contributed by atoms with Gasteiger partial charge in [-0.25, -0.2) is 13.2 Å². The van der Waals surface area contributed by atoms with Crippen LogP contribution >= 0.6 is 0 Å². The molecule has 112 valence electrons. The zero-order chi connectivity index (χ0) is 15.3. The van der Waals surface area contributed by atoms with E-state index in [0.717, 1.165) is 0 Å². The molecular formula is C13H18O6S. The number of rotatable bonds is 7. The number of carbonyl (C=O) groups is 1. The highest BCUT2D eigenvalue weighted by atomic mass is 32.2. The van der Waals surface area contributed by atoms with E-state index in [-0.39, 0.29) is 23.7 Å². The maximum Gasteiger partial charge on any atom is 0.335 e. The molecule has 20 heavy (non-hydrogen) atoms. The molecule has 1 aromatic rings. The van der Waals surface area contributed by atoms with Gasteiger partial charge in [-0.2, -0.15) is 0 Å². The molecule has 0 unspecified atom stereocenters. The fraction of sp³-hybridized carbons (Fsp3) is 0.462. The highest BCUT2D eigenvalue weighted by Gasteiger charge is 2.17. The number of benzene rings is 1. The number of methoxy groups -OCH3 is 1. The Balaban J connectivity index is 2.76. The summed E-state index contributed by atoms with van der Waals surface area (Å²) in [7, 11) is -1.78. The lowest BCUT2D eigenvalue weighted by atomic mass is 10.2. The fourth-order valence-corrected chi connectivity index (χ4v) is 2.21. The molecule has 0 aliphatic heterocycles. The number of carboxylic acids is 1. The van der Waals surface area contributed by atoms with Gasteiger partial charge in [0.1, 0.15) is 6.61 Å². The lowest BCUT2D eigenvalue weighted by Gasteiger charge is -2.12. The molecule has 0 bridgehead atoms. The maximum atomic E-state index is 11.6. The average Bonchev–Trinajstić information content (AvgIpc) is 2.38. The zero-order valence-electron chi connectivity index (χ0n) is 11.6. The molecule has 0 spiro atoms. The Kier molecular flexibility index (Phi) is 5.38. The number of ether oxygens (including phenoxy) is 2. The van der Waals surface area contributed by atoms with Gasteiger partial charge >= 0.3 is 5.97 Å². The van der Waals surface area contributed by atoms with E-state index in [1.54, 1.807) is 13.8 Å². The predicted octanol–water partition coefficient (Wildman–Crippen LogP) is 1.60. The Morgan fingerprint density at radius 2 is 1.95 bits per heavy atom. The molecule has 0 fully saturated rings. The summed E-state index contributed by atoms with van der Waals surface area (Å²) < 4.78 is 33.6. The number of hydrogen-bond acceptors (Lipinski definition) is 5. The van der Waals surface area contributed by atoms with Gasteiger partial charge in [-0.05, 0) is 32.0 Å². The highest BCUT2D eigenvalue weighted by molar-refractivity contribution is 7.91. The van der Waals surface area contributed by atoms with E-state index in [4.69, 9.17) is 14.6 Å². The quantitative estimate of drug-likeness (QED) is 0.822. The lowest BCUT2D eigenvalue weighted by Crippen LogP contribution is -2.22. The van der Waals surface area contributed by atoms with Crippen molar-refractivity contribution in [3.05, 3.63) is 23.8 Å². The van der Waals surface area contributed by atoms with E-state index in [0.29, 0.717) is 5.75 Å². The van der Waals surface area contributed by atoms with Crippen molar-refractivity contribution in [1.82, 2.24) is 0 Å². The molecule has 0 saturated heterocycles. The minimum Gasteiger partial charge on any atom is -0.493 e. The first-order valence-corrected chi connectivity index (χ1v) is 7.75. The molecule has 0 heterocycles. The first-order chi connectivity index (χ1) is 9.27. The SMILES string of the molecule is COc1cc(C(=O)O)ccc1OCCS(=O)(=O)C(C)C. The predicted molar refractivity (Wildman–Crippen MR) is 74.4 cm³/mol. The third kappa shape index (κ3) is 4.12. The molecular weight excluding hydrogens is 284 g/mol. The number of hydrogen-bond donors (Lipinski definition) is 1. The van der Waals surface area contributed by atoms with Crippen LogP contribution in [-0.2, 0) is 9.84 Å². The summed E-state index contributed by atoms with van der Waals surface area (Å²) in [5.41, 5.74) is 0.0731. The van der Waals surface area contributed by atoms with Crippen LogP contribution in [0.5, 0.6) is 11.5 Å². The van der Waals surface area contributed by atoms with E-state index in [1.165, 1.54) is 25.3 Å². The van der Waals surface area contributed by atoms with Crippen molar-refractivity contribution in [2.75, 3.05) is 19.5 Å². The molecule has 0 radical (unpaired) electrons. The van der Waals surface area contributed by atoms with Gasteiger partial charge in [-0.3, -0.25) is 0 Å². The van der Waals surface area contributed by atoms with Gasteiger partial charge in [0.05, 0.1) is 23.7 Å². The van der Waals surface area contributed by atoms with Crippen LogP contribution in [0, 0.1) is 0 Å². The lowest BCUT2D eigenvalue weighted by molar-refractivity contribution is 0.0696. The van der Waals surface area contributed by atoms with Crippen molar-refractivity contribution in [1.29, 1.82) is 0 Å². The van der Waals surface area contributed by atoms with Crippen molar-refractivity contribution in [2.45, 2.75) is 19.1 Å². The van der Waals surface area contributed by atoms with Crippen molar-refractivity contribution < 1.29 is 27.8 Å². The van der Waals surface area contributed by atoms with Crippen molar-refractivity contribution >= 4 is 15.8 Å². The Morgan fingerprint density at radius 3 is 2.45 bits per heavy atom. The van der Waals surface area contributed by atoms with Gasteiger partial charge in [0, 0.05) is 0 Å². The van der Waals surface area contributed by atoms with Crippen LogP contribution in [0.3, 0.4) is 0 Å². The Bertz CT molecular complexity index is 577. The first-order valence-electron chi connectivity index (χ1n) is 6.03. The monoisotopic (exact) mass is 302 g/mol. The van der Waals surface area contributed by atoms with Crippen LogP contribution in [0.2, 0.25) is 0 Å². The molecule has 1 rings (SSSR count). The summed E-state index contributed by atoms with van der Waals surface area (Å²) in [6, 6.07) is 4.15. The molecule has 0 aromatic heterocycles. The van der Waals surface area contributed by atoms with Gasteiger partial charge in [0.25, 0.3) is 0 Å². The molecule has 1 aromatic carbocycles. The molecule has 6 nitrogen and oxygen atoms in total. The summed E-state index contributed by atoms with van der Waals surface area (Å²) in [5, 5.41) is 8.41. The molecule has 0 aliphatic rings. The molecule has 1 N–H and O–H groups in total. The summed E-state index contributed by atoms with van der Waals surface area (Å²) >= 11 is 0. The fourth-order valence-electron chi connectivity index (χ4n) is 1.42. The normalized spacial score (nSPS) is 11.4. The zero-order valence-corrected chi connectivity index (χ0v) is 12.4. The van der Waals surface area contributed by atoms with Crippen LogP contribution in [0.15, 0.2) is 18.2 Å². The molecule has 0 amide bonds. The van der Waals surface area contributed by atoms with E-state index in [1.807, 2.05) is 0 Å². The summed E-state index contributed by atoms with van der Waals surface area (Å²) in [6.45, 7) is 3.21. The van der Waals surface area contributed by atoms with Gasteiger partial charge in [0.2, 0.25) is 0 Å². The largest absolute Gasteiger partial charge is 0.493 e. The third-order valence-corrected chi connectivity index (χ3v) is 4.93. The summed E-state index contributed by atoms with van der Waals surface area (Å²) in [5.74, 6) is -0.602. The summed E-state index contributed by atoms with van der Waals surface area (Å²) in [6.07, 6.45) is 0. The standard InChI is InChI=1S/C13H18O6S/c1-9(2)20(16,17)7-6-19-11-5-4-10(13(14)15)8-12(11)18-3/h4-5,8-9H,6-7H2,1-3H3,(H,14,15). The van der Waals surface area contributed by atoms with E-state index < -0.39 is 21.1 Å². The molecule has 7 heteroatoms. The van der Waals surface area contributed by atoms with Crippen molar-refractivity contribution in [3.8, 4) is 11.5 Å². The van der Waals surface area contributed by atoms with Gasteiger partial charge in [-0.1, -0.05) is 0 Å². The van der Waals surface area contributed by atoms with E-state index >= 15 is 0 Å². The first kappa shape index (κ1) is 16.3. The van der Waals surface area contributed by atoms with Gasteiger partial charge in [-0.15, -0.1) is 0 Å². The number of carboxylic acid groups (broad SMARTS) is 1. The topological polar surface area (TPSA) is 89.9 Å². The second kappa shape index (κ2) is 6.60. The average molecular weight is 302 g/mol. The van der Waals surface area contributed by atoms with Crippen LogP contribution < -0.4 is 9.47 Å². The highest BCUT2D eigenvalue weighted by Crippen LogP contribution is 2.28. The Hall–Kier alpha value is -1.76. The molecule has 0 saturated carbocycles. The van der Waals surface area contributed by atoms with E-state index in [2.05, 4.69) is 0 Å².